The van der Waals surface area contributed by atoms with E-state index in [0.717, 1.165) is 19.4 Å². The summed E-state index contributed by atoms with van der Waals surface area (Å²) in [6, 6.07) is 4.24. The molecule has 2 atom stereocenters. The highest BCUT2D eigenvalue weighted by Gasteiger charge is 2.39. The standard InChI is InChI=1S/C26H37N3O7/c1-6-29-19(16-28-13-9-10-18(15-28)24(30)35-7-2)22(25(31)36-8-3)23(27-26(29)32)17-11-12-20(33-4)21(14-17)34-5/h11-12,14,18,23H,6-10,13,15-16H2,1-5H3,(H,27,32)/t18-,23+/m0/s1. The average molecular weight is 504 g/mol. The Labute approximate surface area is 212 Å². The SMILES string of the molecule is CCOC(=O)C1=C(CN2CCC[C@H](C(=O)OCC)C2)N(CC)C(=O)N[C@@H]1c1ccc(OC)c(OC)c1. The maximum Gasteiger partial charge on any atom is 0.338 e. The van der Waals surface area contributed by atoms with Crippen molar-refractivity contribution >= 4 is 18.0 Å². The number of carbonyl (C=O) groups excluding carboxylic acids is 3. The third-order valence-electron chi connectivity index (χ3n) is 6.49. The lowest BCUT2D eigenvalue weighted by molar-refractivity contribution is -0.150. The van der Waals surface area contributed by atoms with Gasteiger partial charge in [-0.1, -0.05) is 6.07 Å². The first-order chi connectivity index (χ1) is 17.4. The lowest BCUT2D eigenvalue weighted by atomic mass is 9.93. The molecule has 198 valence electrons. The minimum absolute atomic E-state index is 0.197. The van der Waals surface area contributed by atoms with Gasteiger partial charge in [-0.05, 0) is 57.9 Å². The second kappa shape index (κ2) is 12.6. The molecule has 1 aromatic carbocycles. The van der Waals surface area contributed by atoms with Crippen LogP contribution in [0.15, 0.2) is 29.5 Å². The van der Waals surface area contributed by atoms with Gasteiger partial charge in [-0.3, -0.25) is 14.6 Å². The van der Waals surface area contributed by atoms with E-state index in [1.807, 2.05) is 6.92 Å². The first-order valence-electron chi connectivity index (χ1n) is 12.5. The number of nitrogens with one attached hydrogen (secondary N) is 1. The zero-order chi connectivity index (χ0) is 26.2. The minimum atomic E-state index is -0.736. The smallest absolute Gasteiger partial charge is 0.338 e. The van der Waals surface area contributed by atoms with Crippen LogP contribution in [-0.4, -0.2) is 81.4 Å². The number of carbonyl (C=O) groups is 3. The summed E-state index contributed by atoms with van der Waals surface area (Å²) in [6.07, 6.45) is 1.58. The normalized spacial score (nSPS) is 20.6. The Kier molecular flexibility index (Phi) is 9.58. The van der Waals surface area contributed by atoms with Gasteiger partial charge < -0.3 is 24.3 Å². The van der Waals surface area contributed by atoms with Gasteiger partial charge in [0.1, 0.15) is 0 Å². The summed E-state index contributed by atoms with van der Waals surface area (Å²) in [7, 11) is 3.08. The molecule has 1 saturated heterocycles. The molecule has 0 saturated carbocycles. The zero-order valence-corrected chi connectivity index (χ0v) is 21.8. The van der Waals surface area contributed by atoms with Crippen molar-refractivity contribution in [1.29, 1.82) is 0 Å². The van der Waals surface area contributed by atoms with Crippen LogP contribution in [-0.2, 0) is 19.1 Å². The molecule has 36 heavy (non-hydrogen) atoms. The van der Waals surface area contributed by atoms with Gasteiger partial charge in [-0.2, -0.15) is 0 Å². The van der Waals surface area contributed by atoms with E-state index in [4.69, 9.17) is 18.9 Å². The largest absolute Gasteiger partial charge is 0.493 e. The second-order valence-corrected chi connectivity index (χ2v) is 8.65. The Morgan fingerprint density at radius 1 is 1.06 bits per heavy atom. The quantitative estimate of drug-likeness (QED) is 0.486. The van der Waals surface area contributed by atoms with Crippen LogP contribution in [0.4, 0.5) is 4.79 Å². The Morgan fingerprint density at radius 2 is 1.78 bits per heavy atom. The third kappa shape index (κ3) is 5.92. The van der Waals surface area contributed by atoms with Gasteiger partial charge in [0, 0.05) is 25.3 Å². The maximum absolute atomic E-state index is 13.3. The van der Waals surface area contributed by atoms with Crippen molar-refractivity contribution in [3.8, 4) is 11.5 Å². The fraction of sp³-hybridized carbons (Fsp3) is 0.577. The summed E-state index contributed by atoms with van der Waals surface area (Å²) in [5.41, 5.74) is 1.60. The number of methoxy groups -OCH3 is 2. The van der Waals surface area contributed by atoms with Crippen LogP contribution in [0, 0.1) is 5.92 Å². The number of urea groups is 1. The molecule has 0 bridgehead atoms. The van der Waals surface area contributed by atoms with E-state index in [-0.39, 0.29) is 24.5 Å². The summed E-state index contributed by atoms with van der Waals surface area (Å²) >= 11 is 0. The molecule has 10 nitrogen and oxygen atoms in total. The summed E-state index contributed by atoms with van der Waals surface area (Å²) in [5.74, 6) is 0.0851. The van der Waals surface area contributed by atoms with E-state index in [0.29, 0.717) is 54.6 Å². The van der Waals surface area contributed by atoms with Gasteiger partial charge >= 0.3 is 18.0 Å². The molecule has 0 aliphatic carbocycles. The predicted molar refractivity (Wildman–Crippen MR) is 133 cm³/mol. The van der Waals surface area contributed by atoms with E-state index >= 15 is 0 Å². The fourth-order valence-electron chi connectivity index (χ4n) is 4.80. The molecule has 1 aromatic rings. The van der Waals surface area contributed by atoms with Crippen LogP contribution >= 0.6 is 0 Å². The Morgan fingerprint density at radius 3 is 2.42 bits per heavy atom. The molecule has 1 N–H and O–H groups in total. The number of likely N-dealkylation sites (N-methyl/N-ethyl adjacent to an activating group) is 1. The number of nitrogens with zero attached hydrogens (tertiary/aromatic N) is 2. The van der Waals surface area contributed by atoms with Gasteiger partial charge in [0.15, 0.2) is 11.5 Å². The molecular weight excluding hydrogens is 466 g/mol. The number of likely N-dealkylation sites (tertiary alicyclic amines) is 1. The van der Waals surface area contributed by atoms with E-state index < -0.39 is 12.0 Å². The second-order valence-electron chi connectivity index (χ2n) is 8.65. The number of amides is 2. The van der Waals surface area contributed by atoms with Crippen molar-refractivity contribution in [3.63, 3.8) is 0 Å². The molecule has 0 unspecified atom stereocenters. The van der Waals surface area contributed by atoms with Crippen molar-refractivity contribution in [2.45, 2.75) is 39.7 Å². The molecule has 10 heteroatoms. The van der Waals surface area contributed by atoms with Crippen molar-refractivity contribution in [1.82, 2.24) is 15.1 Å². The molecule has 0 aromatic heterocycles. The van der Waals surface area contributed by atoms with E-state index in [1.54, 1.807) is 44.1 Å². The number of rotatable bonds is 10. The number of benzene rings is 1. The number of hydrogen-bond donors (Lipinski definition) is 1. The molecular formula is C26H37N3O7. The first kappa shape index (κ1) is 27.3. The summed E-state index contributed by atoms with van der Waals surface area (Å²) in [4.78, 5) is 42.6. The number of hydrogen-bond acceptors (Lipinski definition) is 8. The predicted octanol–water partition coefficient (Wildman–Crippen LogP) is 2.88. The highest BCUT2D eigenvalue weighted by molar-refractivity contribution is 5.95. The third-order valence-corrected chi connectivity index (χ3v) is 6.49. The molecule has 2 heterocycles. The lowest BCUT2D eigenvalue weighted by Gasteiger charge is -2.39. The van der Waals surface area contributed by atoms with Crippen LogP contribution in [0.2, 0.25) is 0 Å². The molecule has 0 spiro atoms. The zero-order valence-electron chi connectivity index (χ0n) is 21.8. The Bertz CT molecular complexity index is 994. The number of esters is 2. The summed E-state index contributed by atoms with van der Waals surface area (Å²) < 4.78 is 21.5. The first-order valence-corrected chi connectivity index (χ1v) is 12.5. The molecule has 1 fully saturated rings. The molecule has 0 radical (unpaired) electrons. The monoisotopic (exact) mass is 503 g/mol. The van der Waals surface area contributed by atoms with Gasteiger partial charge in [-0.25, -0.2) is 9.59 Å². The number of piperidine rings is 1. The van der Waals surface area contributed by atoms with Gasteiger partial charge in [0.2, 0.25) is 0 Å². The van der Waals surface area contributed by atoms with E-state index in [2.05, 4.69) is 10.2 Å². The highest BCUT2D eigenvalue weighted by Crippen LogP contribution is 2.36. The molecule has 2 aliphatic heterocycles. The van der Waals surface area contributed by atoms with Crippen LogP contribution in [0.25, 0.3) is 0 Å². The molecule has 2 amide bonds. The van der Waals surface area contributed by atoms with Gasteiger partial charge in [0.05, 0.1) is 45.0 Å². The maximum atomic E-state index is 13.3. The van der Waals surface area contributed by atoms with Crippen LogP contribution < -0.4 is 14.8 Å². The molecule has 3 rings (SSSR count). The van der Waals surface area contributed by atoms with Gasteiger partial charge in [-0.15, -0.1) is 0 Å². The van der Waals surface area contributed by atoms with Crippen LogP contribution in [0.3, 0.4) is 0 Å². The van der Waals surface area contributed by atoms with Crippen molar-refractivity contribution in [3.05, 3.63) is 35.0 Å². The molecule has 2 aliphatic rings. The number of ether oxygens (including phenoxy) is 4. The Hall–Kier alpha value is -3.27. The lowest BCUT2D eigenvalue weighted by Crippen LogP contribution is -2.51. The van der Waals surface area contributed by atoms with Crippen LogP contribution in [0.5, 0.6) is 11.5 Å². The van der Waals surface area contributed by atoms with Crippen molar-refractivity contribution in [2.24, 2.45) is 5.92 Å². The minimum Gasteiger partial charge on any atom is -0.493 e. The van der Waals surface area contributed by atoms with E-state index in [1.165, 1.54) is 7.11 Å². The van der Waals surface area contributed by atoms with Crippen molar-refractivity contribution < 1.29 is 33.3 Å². The van der Waals surface area contributed by atoms with Crippen molar-refractivity contribution in [2.75, 3.05) is 53.6 Å². The van der Waals surface area contributed by atoms with Crippen LogP contribution in [0.1, 0.15) is 45.2 Å². The van der Waals surface area contributed by atoms with E-state index in [9.17, 15) is 14.4 Å². The average Bonchev–Trinajstić information content (AvgIpc) is 2.88. The fourth-order valence-corrected chi connectivity index (χ4v) is 4.80. The van der Waals surface area contributed by atoms with Gasteiger partial charge in [0.25, 0.3) is 0 Å². The summed E-state index contributed by atoms with van der Waals surface area (Å²) in [6.45, 7) is 7.88. The topological polar surface area (TPSA) is 107 Å². The Balaban J connectivity index is 2.05. The summed E-state index contributed by atoms with van der Waals surface area (Å²) in [5, 5.41) is 2.96. The highest BCUT2D eigenvalue weighted by atomic mass is 16.5.